The summed E-state index contributed by atoms with van der Waals surface area (Å²) in [6.07, 6.45) is 0.149. The Bertz CT molecular complexity index is 854. The summed E-state index contributed by atoms with van der Waals surface area (Å²) in [7, 11) is 1.51. The minimum Gasteiger partial charge on any atom is -0.355 e. The Balaban J connectivity index is 1.71. The Labute approximate surface area is 156 Å². The number of hydrogen-bond acceptors (Lipinski definition) is 3. The minimum atomic E-state index is -0.457. The summed E-state index contributed by atoms with van der Waals surface area (Å²) in [5, 5.41) is 5.57. The molecule has 134 valence electrons. The minimum absolute atomic E-state index is 0.0847. The van der Waals surface area contributed by atoms with E-state index in [0.717, 1.165) is 5.69 Å². The Kier molecular flexibility index (Phi) is 5.23. The number of amides is 3. The molecule has 1 fully saturated rings. The second-order valence-corrected chi connectivity index (χ2v) is 6.41. The van der Waals surface area contributed by atoms with Gasteiger partial charge < -0.3 is 15.5 Å². The molecule has 3 rings (SSSR count). The number of carbonyl (C=O) groups is 3. The van der Waals surface area contributed by atoms with Gasteiger partial charge in [0, 0.05) is 31.4 Å². The highest BCUT2D eigenvalue weighted by molar-refractivity contribution is 6.34. The van der Waals surface area contributed by atoms with Gasteiger partial charge in [0.05, 0.1) is 16.5 Å². The third kappa shape index (κ3) is 3.70. The third-order valence-corrected chi connectivity index (χ3v) is 4.60. The highest BCUT2D eigenvalue weighted by Gasteiger charge is 2.35. The van der Waals surface area contributed by atoms with Crippen LogP contribution in [0.1, 0.15) is 16.8 Å². The van der Waals surface area contributed by atoms with E-state index in [0.29, 0.717) is 17.3 Å². The Morgan fingerprint density at radius 3 is 2.58 bits per heavy atom. The normalized spacial score (nSPS) is 16.5. The predicted molar refractivity (Wildman–Crippen MR) is 100 cm³/mol. The van der Waals surface area contributed by atoms with Crippen LogP contribution in [0.15, 0.2) is 48.5 Å². The van der Waals surface area contributed by atoms with Crippen LogP contribution in [-0.2, 0) is 9.59 Å². The molecular weight excluding hydrogens is 354 g/mol. The molecule has 0 bridgehead atoms. The molecule has 1 aliphatic rings. The lowest BCUT2D eigenvalue weighted by Gasteiger charge is -2.16. The standard InChI is InChI=1S/C19H18ClN3O3/c1-21-19(26)15-10-13(7-8-16(15)20)22-18(25)12-9-17(24)23(11-12)14-5-3-2-4-6-14/h2-8,10,12H,9,11H2,1H3,(H,21,26)(H,22,25). The zero-order chi connectivity index (χ0) is 18.7. The molecule has 0 aliphatic carbocycles. The zero-order valence-electron chi connectivity index (χ0n) is 14.2. The van der Waals surface area contributed by atoms with E-state index < -0.39 is 5.92 Å². The number of halogens is 1. The Hall–Kier alpha value is -2.86. The second-order valence-electron chi connectivity index (χ2n) is 6.00. The van der Waals surface area contributed by atoms with Crippen LogP contribution in [0.3, 0.4) is 0 Å². The summed E-state index contributed by atoms with van der Waals surface area (Å²) < 4.78 is 0. The van der Waals surface area contributed by atoms with Gasteiger partial charge in [0.2, 0.25) is 11.8 Å². The van der Waals surface area contributed by atoms with Crippen LogP contribution in [0.25, 0.3) is 0 Å². The van der Waals surface area contributed by atoms with Crippen LogP contribution in [0.4, 0.5) is 11.4 Å². The van der Waals surface area contributed by atoms with Gasteiger partial charge in [-0.25, -0.2) is 0 Å². The van der Waals surface area contributed by atoms with Gasteiger partial charge >= 0.3 is 0 Å². The first-order valence-corrected chi connectivity index (χ1v) is 8.55. The van der Waals surface area contributed by atoms with Gasteiger partial charge in [-0.3, -0.25) is 14.4 Å². The maximum atomic E-state index is 12.5. The van der Waals surface area contributed by atoms with Crippen molar-refractivity contribution in [1.82, 2.24) is 5.32 Å². The first-order valence-electron chi connectivity index (χ1n) is 8.17. The fraction of sp³-hybridized carbons (Fsp3) is 0.211. The molecular formula is C19H18ClN3O3. The number of rotatable bonds is 4. The van der Waals surface area contributed by atoms with Crippen molar-refractivity contribution in [3.8, 4) is 0 Å². The molecule has 1 unspecified atom stereocenters. The molecule has 26 heavy (non-hydrogen) atoms. The van der Waals surface area contributed by atoms with Gasteiger partial charge in [-0.05, 0) is 30.3 Å². The highest BCUT2D eigenvalue weighted by atomic mass is 35.5. The molecule has 1 saturated heterocycles. The quantitative estimate of drug-likeness (QED) is 0.867. The van der Waals surface area contributed by atoms with Crippen molar-refractivity contribution in [2.75, 3.05) is 23.8 Å². The molecule has 0 saturated carbocycles. The maximum absolute atomic E-state index is 12.5. The lowest BCUT2D eigenvalue weighted by Crippen LogP contribution is -2.28. The SMILES string of the molecule is CNC(=O)c1cc(NC(=O)C2CC(=O)N(c3ccccc3)C2)ccc1Cl. The number of nitrogens with zero attached hydrogens (tertiary/aromatic N) is 1. The average molecular weight is 372 g/mol. The van der Waals surface area contributed by atoms with Gasteiger partial charge in [0.1, 0.15) is 0 Å². The summed E-state index contributed by atoms with van der Waals surface area (Å²) in [6, 6.07) is 14.0. The van der Waals surface area contributed by atoms with Crippen molar-refractivity contribution in [2.24, 2.45) is 5.92 Å². The molecule has 0 aromatic heterocycles. The van der Waals surface area contributed by atoms with Gasteiger partial charge in [0.15, 0.2) is 0 Å². The lowest BCUT2D eigenvalue weighted by atomic mass is 10.1. The van der Waals surface area contributed by atoms with Crippen molar-refractivity contribution in [3.63, 3.8) is 0 Å². The summed E-state index contributed by atoms with van der Waals surface area (Å²) >= 11 is 6.01. The van der Waals surface area contributed by atoms with Crippen molar-refractivity contribution in [2.45, 2.75) is 6.42 Å². The van der Waals surface area contributed by atoms with Crippen LogP contribution in [0, 0.1) is 5.92 Å². The van der Waals surface area contributed by atoms with Crippen molar-refractivity contribution >= 4 is 40.7 Å². The molecule has 1 atom stereocenters. The number of hydrogen-bond donors (Lipinski definition) is 2. The number of para-hydroxylation sites is 1. The molecule has 0 radical (unpaired) electrons. The Morgan fingerprint density at radius 1 is 1.15 bits per heavy atom. The number of anilines is 2. The Morgan fingerprint density at radius 2 is 1.88 bits per heavy atom. The van der Waals surface area contributed by atoms with E-state index in [-0.39, 0.29) is 29.7 Å². The number of benzene rings is 2. The molecule has 6 nitrogen and oxygen atoms in total. The maximum Gasteiger partial charge on any atom is 0.252 e. The van der Waals surface area contributed by atoms with Crippen LogP contribution < -0.4 is 15.5 Å². The van der Waals surface area contributed by atoms with Crippen LogP contribution >= 0.6 is 11.6 Å². The van der Waals surface area contributed by atoms with E-state index in [4.69, 9.17) is 11.6 Å². The van der Waals surface area contributed by atoms with E-state index in [9.17, 15) is 14.4 Å². The monoisotopic (exact) mass is 371 g/mol. The summed E-state index contributed by atoms with van der Waals surface area (Å²) in [6.45, 7) is 0.324. The van der Waals surface area contributed by atoms with E-state index in [2.05, 4.69) is 10.6 Å². The predicted octanol–water partition coefficient (Wildman–Crippen LogP) is 2.69. The molecule has 2 N–H and O–H groups in total. The molecule has 2 aromatic rings. The summed E-state index contributed by atoms with van der Waals surface area (Å²) in [4.78, 5) is 38.2. The van der Waals surface area contributed by atoms with E-state index in [1.807, 2.05) is 30.3 Å². The van der Waals surface area contributed by atoms with Gasteiger partial charge in [0.25, 0.3) is 5.91 Å². The first-order chi connectivity index (χ1) is 12.5. The van der Waals surface area contributed by atoms with Crippen LogP contribution in [0.2, 0.25) is 5.02 Å². The zero-order valence-corrected chi connectivity index (χ0v) is 14.9. The van der Waals surface area contributed by atoms with Crippen molar-refractivity contribution in [3.05, 3.63) is 59.1 Å². The van der Waals surface area contributed by atoms with Crippen molar-refractivity contribution < 1.29 is 14.4 Å². The molecule has 1 heterocycles. The highest BCUT2D eigenvalue weighted by Crippen LogP contribution is 2.26. The molecule has 3 amide bonds. The lowest BCUT2D eigenvalue weighted by molar-refractivity contribution is -0.122. The van der Waals surface area contributed by atoms with Crippen molar-refractivity contribution in [1.29, 1.82) is 0 Å². The smallest absolute Gasteiger partial charge is 0.252 e. The fourth-order valence-electron chi connectivity index (χ4n) is 2.90. The number of nitrogens with one attached hydrogen (secondary N) is 2. The van der Waals surface area contributed by atoms with Crippen LogP contribution in [-0.4, -0.2) is 31.3 Å². The second kappa shape index (κ2) is 7.58. The van der Waals surface area contributed by atoms with E-state index in [1.165, 1.54) is 13.1 Å². The van der Waals surface area contributed by atoms with E-state index in [1.54, 1.807) is 17.0 Å². The third-order valence-electron chi connectivity index (χ3n) is 4.27. The van der Waals surface area contributed by atoms with Gasteiger partial charge in [-0.2, -0.15) is 0 Å². The van der Waals surface area contributed by atoms with E-state index >= 15 is 0 Å². The first kappa shape index (κ1) is 17.9. The van der Waals surface area contributed by atoms with Gasteiger partial charge in [-0.1, -0.05) is 29.8 Å². The largest absolute Gasteiger partial charge is 0.355 e. The molecule has 1 aliphatic heterocycles. The van der Waals surface area contributed by atoms with Gasteiger partial charge in [-0.15, -0.1) is 0 Å². The fourth-order valence-corrected chi connectivity index (χ4v) is 3.10. The number of carbonyl (C=O) groups excluding carboxylic acids is 3. The summed E-state index contributed by atoms with van der Waals surface area (Å²) in [5.41, 5.74) is 1.52. The molecule has 7 heteroatoms. The average Bonchev–Trinajstić information content (AvgIpc) is 3.05. The molecule has 0 spiro atoms. The summed E-state index contributed by atoms with van der Waals surface area (Å²) in [5.74, 6) is -1.14. The van der Waals surface area contributed by atoms with Crippen LogP contribution in [0.5, 0.6) is 0 Å². The topological polar surface area (TPSA) is 78.5 Å². The molecule has 2 aromatic carbocycles.